The van der Waals surface area contributed by atoms with E-state index in [4.69, 9.17) is 11.6 Å². The molecule has 3 heteroatoms. The largest absolute Gasteiger partial charge is 0.295 e. The van der Waals surface area contributed by atoms with Crippen LogP contribution in [-0.4, -0.2) is 23.8 Å². The smallest absolute Gasteiger partial charge is 0.189 e. The van der Waals surface area contributed by atoms with Gasteiger partial charge in [-0.05, 0) is 46.9 Å². The molecule has 2 nitrogen and oxygen atoms in total. The summed E-state index contributed by atoms with van der Waals surface area (Å²) >= 11 is 6.02. The minimum atomic E-state index is 0.107. The first-order chi connectivity index (χ1) is 14.7. The van der Waals surface area contributed by atoms with Crippen molar-refractivity contribution >= 4 is 29.0 Å². The molecule has 0 fully saturated rings. The van der Waals surface area contributed by atoms with E-state index in [9.17, 15) is 4.79 Å². The number of Topliss-reactive ketones (excluding diaryl/α,β-unsaturated/α-hetero) is 1. The number of benzene rings is 3. The minimum Gasteiger partial charge on any atom is -0.295 e. The van der Waals surface area contributed by atoms with Crippen molar-refractivity contribution in [2.75, 3.05) is 13.1 Å². The Kier molecular flexibility index (Phi) is 6.58. The molecule has 0 unspecified atom stereocenters. The molecule has 0 bridgehead atoms. The van der Waals surface area contributed by atoms with Gasteiger partial charge in [0.15, 0.2) is 5.78 Å². The van der Waals surface area contributed by atoms with Gasteiger partial charge in [0.25, 0.3) is 0 Å². The van der Waals surface area contributed by atoms with E-state index in [1.165, 1.54) is 5.56 Å². The topological polar surface area (TPSA) is 20.3 Å². The summed E-state index contributed by atoms with van der Waals surface area (Å²) in [6, 6.07) is 27.9. The van der Waals surface area contributed by atoms with Gasteiger partial charge in [0.05, 0.1) is 0 Å². The fourth-order valence-electron chi connectivity index (χ4n) is 3.70. The van der Waals surface area contributed by atoms with Crippen LogP contribution in [-0.2, 0) is 11.3 Å². The summed E-state index contributed by atoms with van der Waals surface area (Å²) in [4.78, 5) is 15.8. The molecule has 1 aliphatic rings. The van der Waals surface area contributed by atoms with Gasteiger partial charge in [0.2, 0.25) is 0 Å². The van der Waals surface area contributed by atoms with Crippen molar-refractivity contribution in [3.63, 3.8) is 0 Å². The fourth-order valence-corrected chi connectivity index (χ4v) is 3.82. The average Bonchev–Trinajstić information content (AvgIpc) is 2.80. The van der Waals surface area contributed by atoms with Crippen LogP contribution in [0.25, 0.3) is 11.6 Å². The van der Waals surface area contributed by atoms with Gasteiger partial charge in [-0.3, -0.25) is 9.69 Å². The first-order valence-corrected chi connectivity index (χ1v) is 10.6. The van der Waals surface area contributed by atoms with E-state index in [-0.39, 0.29) is 5.78 Å². The molecule has 0 amide bonds. The number of nitrogens with zero attached hydrogens (tertiary/aromatic N) is 1. The van der Waals surface area contributed by atoms with E-state index in [2.05, 4.69) is 35.2 Å². The molecule has 0 N–H and O–H groups in total. The van der Waals surface area contributed by atoms with Crippen LogP contribution in [0.4, 0.5) is 0 Å². The maximum absolute atomic E-state index is 13.5. The van der Waals surface area contributed by atoms with Gasteiger partial charge in [-0.15, -0.1) is 0 Å². The molecule has 0 atom stereocenters. The lowest BCUT2D eigenvalue weighted by atomic mass is 9.92. The fraction of sp³-hybridized carbons (Fsp3) is 0.148. The van der Waals surface area contributed by atoms with E-state index in [0.29, 0.717) is 5.02 Å². The Balaban J connectivity index is 1.55. The summed E-state index contributed by atoms with van der Waals surface area (Å²) in [7, 11) is 0. The molecule has 150 valence electrons. The molecule has 3 aromatic carbocycles. The van der Waals surface area contributed by atoms with Crippen LogP contribution < -0.4 is 0 Å². The standard InChI is InChI=1S/C27H24ClNO/c28-25-13-11-21(12-14-25)19-26(23-9-5-2-6-10-23)27(30)24-15-17-29(18-16-24)20-22-7-3-1-4-8-22/h1-15,19H,16-18,20H2/b26-19+. The van der Waals surface area contributed by atoms with Crippen LogP contribution >= 0.6 is 11.6 Å². The van der Waals surface area contributed by atoms with E-state index >= 15 is 0 Å². The third-order valence-electron chi connectivity index (χ3n) is 5.34. The third kappa shape index (κ3) is 5.15. The van der Waals surface area contributed by atoms with Gasteiger partial charge in [-0.1, -0.05) is 90.5 Å². The summed E-state index contributed by atoms with van der Waals surface area (Å²) in [5, 5.41) is 0.688. The number of ketones is 1. The zero-order chi connectivity index (χ0) is 20.8. The van der Waals surface area contributed by atoms with Gasteiger partial charge in [0, 0.05) is 30.2 Å². The van der Waals surface area contributed by atoms with Crippen molar-refractivity contribution < 1.29 is 4.79 Å². The quantitative estimate of drug-likeness (QED) is 0.350. The van der Waals surface area contributed by atoms with Gasteiger partial charge in [0.1, 0.15) is 0 Å². The maximum atomic E-state index is 13.5. The number of carbonyl (C=O) groups excluding carboxylic acids is 1. The lowest BCUT2D eigenvalue weighted by Gasteiger charge is -2.26. The number of allylic oxidation sites excluding steroid dienone is 1. The molecule has 0 radical (unpaired) electrons. The first-order valence-electron chi connectivity index (χ1n) is 10.2. The SMILES string of the molecule is O=C(C1=CCN(Cc2ccccc2)CC1)/C(=C/c1ccc(Cl)cc1)c1ccccc1. The minimum absolute atomic E-state index is 0.107. The van der Waals surface area contributed by atoms with Crippen molar-refractivity contribution in [3.05, 3.63) is 118 Å². The summed E-state index contributed by atoms with van der Waals surface area (Å²) in [5.74, 6) is 0.107. The third-order valence-corrected chi connectivity index (χ3v) is 5.60. The van der Waals surface area contributed by atoms with Crippen molar-refractivity contribution in [2.45, 2.75) is 13.0 Å². The summed E-state index contributed by atoms with van der Waals surface area (Å²) in [6.45, 7) is 2.58. The molecule has 0 aliphatic carbocycles. The van der Waals surface area contributed by atoms with E-state index in [1.54, 1.807) is 0 Å². The Hall–Kier alpha value is -2.94. The monoisotopic (exact) mass is 413 g/mol. The Bertz CT molecular complexity index is 1050. The lowest BCUT2D eigenvalue weighted by molar-refractivity contribution is -0.110. The summed E-state index contributed by atoms with van der Waals surface area (Å²) in [6.07, 6.45) is 4.81. The summed E-state index contributed by atoms with van der Waals surface area (Å²) in [5.41, 5.74) is 4.82. The summed E-state index contributed by atoms with van der Waals surface area (Å²) < 4.78 is 0. The number of hydrogen-bond acceptors (Lipinski definition) is 2. The average molecular weight is 414 g/mol. The Labute approximate surface area is 183 Å². The Morgan fingerprint density at radius 1 is 0.900 bits per heavy atom. The van der Waals surface area contributed by atoms with Crippen LogP contribution in [0.5, 0.6) is 0 Å². The molecule has 0 saturated carbocycles. The predicted octanol–water partition coefficient (Wildman–Crippen LogP) is 6.28. The van der Waals surface area contributed by atoms with Crippen LogP contribution in [0.1, 0.15) is 23.1 Å². The van der Waals surface area contributed by atoms with Gasteiger partial charge < -0.3 is 0 Å². The number of halogens is 1. The second kappa shape index (κ2) is 9.71. The van der Waals surface area contributed by atoms with Crippen LogP contribution in [0.3, 0.4) is 0 Å². The Morgan fingerprint density at radius 3 is 2.20 bits per heavy atom. The van der Waals surface area contributed by atoms with E-state index < -0.39 is 0 Å². The molecule has 0 aromatic heterocycles. The normalized spacial score (nSPS) is 15.0. The van der Waals surface area contributed by atoms with Crippen LogP contribution in [0, 0.1) is 0 Å². The van der Waals surface area contributed by atoms with Crippen molar-refractivity contribution in [2.24, 2.45) is 0 Å². The zero-order valence-electron chi connectivity index (χ0n) is 16.8. The van der Waals surface area contributed by atoms with E-state index in [1.807, 2.05) is 66.7 Å². The molecular formula is C27H24ClNO. The van der Waals surface area contributed by atoms with Crippen molar-refractivity contribution in [1.29, 1.82) is 0 Å². The van der Waals surface area contributed by atoms with Crippen molar-refractivity contribution in [1.82, 2.24) is 4.90 Å². The lowest BCUT2D eigenvalue weighted by Crippen LogP contribution is -2.30. The predicted molar refractivity (Wildman–Crippen MR) is 125 cm³/mol. The van der Waals surface area contributed by atoms with Crippen LogP contribution in [0.2, 0.25) is 5.02 Å². The number of carbonyl (C=O) groups is 1. The Morgan fingerprint density at radius 2 is 1.57 bits per heavy atom. The zero-order valence-corrected chi connectivity index (χ0v) is 17.6. The molecule has 1 aliphatic heterocycles. The van der Waals surface area contributed by atoms with Crippen molar-refractivity contribution in [3.8, 4) is 0 Å². The van der Waals surface area contributed by atoms with E-state index in [0.717, 1.165) is 48.3 Å². The molecule has 1 heterocycles. The molecule has 0 saturated heterocycles. The highest BCUT2D eigenvalue weighted by Gasteiger charge is 2.21. The van der Waals surface area contributed by atoms with Gasteiger partial charge in [-0.2, -0.15) is 0 Å². The molecule has 4 rings (SSSR count). The van der Waals surface area contributed by atoms with Gasteiger partial charge >= 0.3 is 0 Å². The first kappa shape index (κ1) is 20.3. The number of rotatable bonds is 6. The second-order valence-corrected chi connectivity index (χ2v) is 7.94. The maximum Gasteiger partial charge on any atom is 0.189 e. The molecular weight excluding hydrogens is 390 g/mol. The van der Waals surface area contributed by atoms with Crippen LogP contribution in [0.15, 0.2) is 96.6 Å². The number of hydrogen-bond donors (Lipinski definition) is 0. The molecule has 30 heavy (non-hydrogen) atoms. The second-order valence-electron chi connectivity index (χ2n) is 7.50. The highest BCUT2D eigenvalue weighted by Crippen LogP contribution is 2.26. The highest BCUT2D eigenvalue weighted by atomic mass is 35.5. The molecule has 0 spiro atoms. The highest BCUT2D eigenvalue weighted by molar-refractivity contribution is 6.32. The van der Waals surface area contributed by atoms with Gasteiger partial charge in [-0.25, -0.2) is 0 Å². The molecule has 3 aromatic rings.